The topological polar surface area (TPSA) is 69.9 Å². The summed E-state index contributed by atoms with van der Waals surface area (Å²) < 4.78 is 5.32. The quantitative estimate of drug-likeness (QED) is 0.339. The molecule has 0 aliphatic heterocycles. The number of para-hydroxylation sites is 2. The highest BCUT2D eigenvalue weighted by Gasteiger charge is 2.19. The van der Waals surface area contributed by atoms with Crippen LogP contribution >= 0.6 is 0 Å². The molecular formula is C27H25N3O2. The number of H-pyrrole nitrogens is 2. The lowest BCUT2D eigenvalue weighted by molar-refractivity contribution is -0.120. The lowest BCUT2D eigenvalue weighted by Gasteiger charge is -2.18. The molecule has 0 fully saturated rings. The molecule has 1 amide bonds. The van der Waals surface area contributed by atoms with Gasteiger partial charge in [0.25, 0.3) is 0 Å². The Morgan fingerprint density at radius 3 is 2.28 bits per heavy atom. The summed E-state index contributed by atoms with van der Waals surface area (Å²) in [5, 5.41) is 5.42. The predicted molar refractivity (Wildman–Crippen MR) is 128 cm³/mol. The zero-order chi connectivity index (χ0) is 21.9. The van der Waals surface area contributed by atoms with Gasteiger partial charge in [-0.05, 0) is 41.0 Å². The van der Waals surface area contributed by atoms with Crippen LogP contribution in [0.3, 0.4) is 0 Å². The maximum absolute atomic E-state index is 12.9. The van der Waals surface area contributed by atoms with Crippen LogP contribution in [0.25, 0.3) is 21.8 Å². The number of carbonyl (C=O) groups excluding carboxylic acids is 1. The van der Waals surface area contributed by atoms with Gasteiger partial charge in [-0.15, -0.1) is 0 Å². The van der Waals surface area contributed by atoms with Gasteiger partial charge in [0.2, 0.25) is 5.91 Å². The van der Waals surface area contributed by atoms with Gasteiger partial charge in [-0.3, -0.25) is 4.79 Å². The normalized spacial score (nSPS) is 12.2. The van der Waals surface area contributed by atoms with Gasteiger partial charge in [-0.1, -0.05) is 48.5 Å². The third-order valence-corrected chi connectivity index (χ3v) is 6.04. The SMILES string of the molecule is COc1ccc([C@H](CNC(=O)Cc2c[nH]c3ccccc23)c2c[nH]c3ccccc23)cc1. The van der Waals surface area contributed by atoms with Crippen molar-refractivity contribution < 1.29 is 9.53 Å². The third-order valence-electron chi connectivity index (χ3n) is 6.04. The van der Waals surface area contributed by atoms with Crippen molar-refractivity contribution in [2.24, 2.45) is 0 Å². The van der Waals surface area contributed by atoms with Gasteiger partial charge in [0.1, 0.15) is 5.75 Å². The largest absolute Gasteiger partial charge is 0.497 e. The smallest absolute Gasteiger partial charge is 0.224 e. The van der Waals surface area contributed by atoms with Gasteiger partial charge in [-0.2, -0.15) is 0 Å². The van der Waals surface area contributed by atoms with Crippen molar-refractivity contribution in [3.63, 3.8) is 0 Å². The van der Waals surface area contributed by atoms with Gasteiger partial charge in [0.15, 0.2) is 0 Å². The zero-order valence-corrected chi connectivity index (χ0v) is 17.9. The Morgan fingerprint density at radius 2 is 1.53 bits per heavy atom. The minimum atomic E-state index is 0.00751. The van der Waals surface area contributed by atoms with Gasteiger partial charge < -0.3 is 20.0 Å². The Bertz CT molecular complexity index is 1360. The van der Waals surface area contributed by atoms with Crippen molar-refractivity contribution in [1.82, 2.24) is 15.3 Å². The number of aromatic amines is 2. The van der Waals surface area contributed by atoms with E-state index in [-0.39, 0.29) is 11.8 Å². The highest BCUT2D eigenvalue weighted by molar-refractivity contribution is 5.89. The number of fused-ring (bicyclic) bond motifs is 2. The second-order valence-corrected chi connectivity index (χ2v) is 7.96. The van der Waals surface area contributed by atoms with E-state index in [0.717, 1.165) is 38.9 Å². The average Bonchev–Trinajstić information content (AvgIpc) is 3.44. The van der Waals surface area contributed by atoms with Crippen molar-refractivity contribution in [3.8, 4) is 5.75 Å². The first kappa shape index (κ1) is 19.9. The van der Waals surface area contributed by atoms with Crippen molar-refractivity contribution >= 4 is 27.7 Å². The lowest BCUT2D eigenvalue weighted by Crippen LogP contribution is -2.30. The van der Waals surface area contributed by atoms with E-state index in [2.05, 4.69) is 39.6 Å². The summed E-state index contributed by atoms with van der Waals surface area (Å²) in [5.41, 5.74) is 5.43. The lowest BCUT2D eigenvalue weighted by atomic mass is 9.90. The predicted octanol–water partition coefficient (Wildman–Crippen LogP) is 5.15. The molecule has 0 unspecified atom stereocenters. The van der Waals surface area contributed by atoms with E-state index in [4.69, 9.17) is 4.74 Å². The van der Waals surface area contributed by atoms with Crippen LogP contribution in [0.5, 0.6) is 5.75 Å². The summed E-state index contributed by atoms with van der Waals surface area (Å²) in [6, 6.07) is 24.4. The Morgan fingerprint density at radius 1 is 0.875 bits per heavy atom. The number of hydrogen-bond donors (Lipinski definition) is 3. The number of rotatable bonds is 7. The molecule has 160 valence electrons. The summed E-state index contributed by atoms with van der Waals surface area (Å²) >= 11 is 0. The summed E-state index contributed by atoms with van der Waals surface area (Å²) in [6.45, 7) is 0.509. The van der Waals surface area contributed by atoms with Crippen molar-refractivity contribution in [3.05, 3.63) is 102 Å². The Hall–Kier alpha value is -3.99. The number of ether oxygens (including phenoxy) is 1. The monoisotopic (exact) mass is 423 g/mol. The standard InChI is InChI=1S/C27H25N3O2/c1-32-20-12-10-18(11-13-20)23(24-17-29-26-9-5-3-7-22(24)26)16-30-27(31)14-19-15-28-25-8-4-2-6-21(19)25/h2-13,15,17,23,28-29H,14,16H2,1H3,(H,30,31)/t23-/m0/s1. The minimum Gasteiger partial charge on any atom is -0.497 e. The van der Waals surface area contributed by atoms with Crippen LogP contribution in [0.4, 0.5) is 0 Å². The molecule has 3 N–H and O–H groups in total. The number of benzene rings is 3. The zero-order valence-electron chi connectivity index (χ0n) is 17.9. The fourth-order valence-corrected chi connectivity index (χ4v) is 4.36. The Balaban J connectivity index is 1.39. The van der Waals surface area contributed by atoms with E-state index in [1.54, 1.807) is 7.11 Å². The second kappa shape index (κ2) is 8.63. The molecule has 2 heterocycles. The molecule has 5 aromatic rings. The van der Waals surface area contributed by atoms with Gasteiger partial charge >= 0.3 is 0 Å². The molecule has 2 aromatic heterocycles. The molecule has 0 saturated heterocycles. The van der Waals surface area contributed by atoms with E-state index >= 15 is 0 Å². The summed E-state index contributed by atoms with van der Waals surface area (Å²) in [5.74, 6) is 0.840. The van der Waals surface area contributed by atoms with E-state index < -0.39 is 0 Å². The number of methoxy groups -OCH3 is 1. The van der Waals surface area contributed by atoms with Crippen LogP contribution < -0.4 is 10.1 Å². The molecular weight excluding hydrogens is 398 g/mol. The van der Waals surface area contributed by atoms with E-state index in [0.29, 0.717) is 13.0 Å². The molecule has 0 aliphatic rings. The number of amides is 1. The number of aromatic nitrogens is 2. The first-order valence-corrected chi connectivity index (χ1v) is 10.7. The summed E-state index contributed by atoms with van der Waals surface area (Å²) in [7, 11) is 1.66. The van der Waals surface area contributed by atoms with Crippen molar-refractivity contribution in [1.29, 1.82) is 0 Å². The summed E-state index contributed by atoms with van der Waals surface area (Å²) in [4.78, 5) is 19.5. The Kier molecular flexibility index (Phi) is 5.38. The maximum Gasteiger partial charge on any atom is 0.224 e. The molecule has 3 aromatic carbocycles. The highest BCUT2D eigenvalue weighted by atomic mass is 16.5. The van der Waals surface area contributed by atoms with Crippen LogP contribution in [-0.4, -0.2) is 29.5 Å². The van der Waals surface area contributed by atoms with Gasteiger partial charge in [0, 0.05) is 46.7 Å². The first-order valence-electron chi connectivity index (χ1n) is 10.7. The molecule has 5 rings (SSSR count). The fraction of sp³-hybridized carbons (Fsp3) is 0.148. The van der Waals surface area contributed by atoms with Crippen LogP contribution in [0.2, 0.25) is 0 Å². The van der Waals surface area contributed by atoms with Gasteiger partial charge in [-0.25, -0.2) is 0 Å². The van der Waals surface area contributed by atoms with Crippen LogP contribution in [0, 0.1) is 0 Å². The molecule has 0 bridgehead atoms. The van der Waals surface area contributed by atoms with Crippen LogP contribution in [0.1, 0.15) is 22.6 Å². The van der Waals surface area contributed by atoms with Gasteiger partial charge in [0.05, 0.1) is 13.5 Å². The minimum absolute atomic E-state index is 0.00751. The molecule has 0 spiro atoms. The van der Waals surface area contributed by atoms with E-state index in [1.165, 1.54) is 5.39 Å². The molecule has 5 nitrogen and oxygen atoms in total. The molecule has 0 saturated carbocycles. The second-order valence-electron chi connectivity index (χ2n) is 7.96. The Labute approximate surface area is 186 Å². The van der Waals surface area contributed by atoms with Crippen molar-refractivity contribution in [2.45, 2.75) is 12.3 Å². The fourth-order valence-electron chi connectivity index (χ4n) is 4.36. The van der Waals surface area contributed by atoms with Crippen LogP contribution in [0.15, 0.2) is 85.2 Å². The molecule has 32 heavy (non-hydrogen) atoms. The highest BCUT2D eigenvalue weighted by Crippen LogP contribution is 2.31. The first-order chi connectivity index (χ1) is 15.7. The van der Waals surface area contributed by atoms with Crippen LogP contribution in [-0.2, 0) is 11.2 Å². The summed E-state index contributed by atoms with van der Waals surface area (Å²) in [6.07, 6.45) is 4.31. The number of nitrogens with one attached hydrogen (secondary N) is 3. The molecule has 5 heteroatoms. The average molecular weight is 424 g/mol. The molecule has 0 radical (unpaired) electrons. The maximum atomic E-state index is 12.9. The number of carbonyl (C=O) groups is 1. The third kappa shape index (κ3) is 3.85. The molecule has 1 atom stereocenters. The van der Waals surface area contributed by atoms with E-state index in [9.17, 15) is 4.79 Å². The molecule has 0 aliphatic carbocycles. The van der Waals surface area contributed by atoms with Crippen molar-refractivity contribution in [2.75, 3.05) is 13.7 Å². The van der Waals surface area contributed by atoms with E-state index in [1.807, 2.05) is 60.9 Å². The number of hydrogen-bond acceptors (Lipinski definition) is 2.